The lowest BCUT2D eigenvalue weighted by atomic mass is 10.0. The molecular formula is C10H14O3. The predicted octanol–water partition coefficient (Wildman–Crippen LogP) is 1.49. The first-order chi connectivity index (χ1) is 6.18. The molecule has 0 saturated carbocycles. The minimum absolute atomic E-state index is 0.184. The topological polar surface area (TPSA) is 35.5 Å². The lowest BCUT2D eigenvalue weighted by Gasteiger charge is -2.03. The van der Waals surface area contributed by atoms with Crippen LogP contribution in [0.3, 0.4) is 0 Å². The highest BCUT2D eigenvalue weighted by Crippen LogP contribution is 2.32. The van der Waals surface area contributed by atoms with E-state index in [9.17, 15) is 4.79 Å². The molecule has 2 aliphatic rings. The summed E-state index contributed by atoms with van der Waals surface area (Å²) in [7, 11) is 0. The summed E-state index contributed by atoms with van der Waals surface area (Å²) in [6.45, 7) is 5.37. The van der Waals surface area contributed by atoms with E-state index >= 15 is 0 Å². The van der Waals surface area contributed by atoms with E-state index in [4.69, 9.17) is 9.47 Å². The van der Waals surface area contributed by atoms with Crippen molar-refractivity contribution in [2.75, 3.05) is 13.2 Å². The number of cyclic esters (lactones) is 1. The molecule has 72 valence electrons. The minimum Gasteiger partial charge on any atom is -0.497 e. The first kappa shape index (κ1) is 8.60. The summed E-state index contributed by atoms with van der Waals surface area (Å²) >= 11 is 0. The quantitative estimate of drug-likeness (QED) is 0.420. The fourth-order valence-corrected chi connectivity index (χ4v) is 1.82. The molecule has 0 aromatic carbocycles. The number of hydrogen-bond donors (Lipinski definition) is 0. The maximum atomic E-state index is 11.3. The molecule has 13 heavy (non-hydrogen) atoms. The number of rotatable bonds is 0. The van der Waals surface area contributed by atoms with E-state index in [2.05, 4.69) is 6.92 Å². The molecule has 2 rings (SSSR count). The van der Waals surface area contributed by atoms with Gasteiger partial charge in [0, 0.05) is 12.3 Å². The third kappa shape index (κ3) is 1.43. The van der Waals surface area contributed by atoms with E-state index in [1.54, 1.807) is 0 Å². The Hall–Kier alpha value is -0.990. The van der Waals surface area contributed by atoms with Gasteiger partial charge in [0.1, 0.15) is 5.76 Å². The molecule has 3 nitrogen and oxygen atoms in total. The molecule has 2 fully saturated rings. The monoisotopic (exact) mass is 182 g/mol. The summed E-state index contributed by atoms with van der Waals surface area (Å²) in [6.07, 6.45) is 0.884. The largest absolute Gasteiger partial charge is 0.497 e. The Bertz CT molecular complexity index is 267. The number of allylic oxidation sites excluding steroid dienone is 1. The third-order valence-electron chi connectivity index (χ3n) is 2.55. The molecule has 0 unspecified atom stereocenters. The van der Waals surface area contributed by atoms with E-state index in [0.717, 1.165) is 24.4 Å². The lowest BCUT2D eigenvalue weighted by Crippen LogP contribution is -2.03. The van der Waals surface area contributed by atoms with Crippen molar-refractivity contribution in [3.8, 4) is 0 Å². The van der Waals surface area contributed by atoms with Gasteiger partial charge in [0.25, 0.3) is 0 Å². The van der Waals surface area contributed by atoms with Gasteiger partial charge in [0.05, 0.1) is 18.8 Å². The van der Waals surface area contributed by atoms with Crippen LogP contribution >= 0.6 is 0 Å². The van der Waals surface area contributed by atoms with Crippen LogP contribution in [0.2, 0.25) is 0 Å². The zero-order chi connectivity index (χ0) is 9.42. The van der Waals surface area contributed by atoms with Crippen molar-refractivity contribution in [2.24, 2.45) is 11.8 Å². The summed E-state index contributed by atoms with van der Waals surface area (Å²) in [5, 5.41) is 0. The van der Waals surface area contributed by atoms with E-state index in [1.165, 1.54) is 0 Å². The fourth-order valence-electron chi connectivity index (χ4n) is 1.82. The van der Waals surface area contributed by atoms with Gasteiger partial charge in [0.2, 0.25) is 0 Å². The Balaban J connectivity index is 2.26. The van der Waals surface area contributed by atoms with Gasteiger partial charge >= 0.3 is 5.97 Å². The SMILES string of the molecule is C[C@H]1CO/C(=C2\C(=O)OC[C@@H]2C)C1. The van der Waals surface area contributed by atoms with Crippen LogP contribution in [0.4, 0.5) is 0 Å². The fraction of sp³-hybridized carbons (Fsp3) is 0.700. The maximum absolute atomic E-state index is 11.3. The average molecular weight is 182 g/mol. The molecule has 0 aromatic rings. The van der Waals surface area contributed by atoms with Crippen molar-refractivity contribution in [3.05, 3.63) is 11.3 Å². The molecule has 3 heteroatoms. The van der Waals surface area contributed by atoms with Gasteiger partial charge in [-0.05, 0) is 5.92 Å². The Kier molecular flexibility index (Phi) is 2.02. The minimum atomic E-state index is -0.184. The van der Waals surface area contributed by atoms with Gasteiger partial charge < -0.3 is 9.47 Å². The van der Waals surface area contributed by atoms with Gasteiger partial charge in [-0.15, -0.1) is 0 Å². The highest BCUT2D eigenvalue weighted by atomic mass is 16.5. The highest BCUT2D eigenvalue weighted by molar-refractivity contribution is 5.91. The van der Waals surface area contributed by atoms with Gasteiger partial charge in [-0.1, -0.05) is 13.8 Å². The van der Waals surface area contributed by atoms with Gasteiger partial charge in [-0.2, -0.15) is 0 Å². The van der Waals surface area contributed by atoms with E-state index in [-0.39, 0.29) is 11.9 Å². The van der Waals surface area contributed by atoms with Crippen molar-refractivity contribution in [2.45, 2.75) is 20.3 Å². The summed E-state index contributed by atoms with van der Waals surface area (Å²) in [5.74, 6) is 1.41. The van der Waals surface area contributed by atoms with Crippen LogP contribution in [0, 0.1) is 11.8 Å². The molecule has 0 amide bonds. The van der Waals surface area contributed by atoms with Crippen LogP contribution in [0.1, 0.15) is 20.3 Å². The molecule has 0 bridgehead atoms. The zero-order valence-electron chi connectivity index (χ0n) is 8.00. The molecule has 0 N–H and O–H groups in total. The summed E-state index contributed by atoms with van der Waals surface area (Å²) in [5.41, 5.74) is 0.768. The molecule has 2 aliphatic heterocycles. The second-order valence-corrected chi connectivity index (χ2v) is 3.96. The van der Waals surface area contributed by atoms with Crippen LogP contribution < -0.4 is 0 Å². The number of carbonyl (C=O) groups excluding carboxylic acids is 1. The molecule has 0 radical (unpaired) electrons. The summed E-state index contributed by atoms with van der Waals surface area (Å²) in [4.78, 5) is 11.3. The molecular weight excluding hydrogens is 168 g/mol. The van der Waals surface area contributed by atoms with E-state index in [1.807, 2.05) is 6.92 Å². The standard InChI is InChI=1S/C10H14O3/c1-6-3-8(12-4-6)9-7(2)5-13-10(9)11/h6-7H,3-5H2,1-2H3/b9-8-/t6-,7+/m1/s1. The van der Waals surface area contributed by atoms with Gasteiger partial charge in [-0.3, -0.25) is 0 Å². The van der Waals surface area contributed by atoms with Crippen molar-refractivity contribution >= 4 is 5.97 Å². The lowest BCUT2D eigenvalue weighted by molar-refractivity contribution is -0.135. The van der Waals surface area contributed by atoms with Crippen LogP contribution in [0.15, 0.2) is 11.3 Å². The summed E-state index contributed by atoms with van der Waals surface area (Å²) in [6, 6.07) is 0. The van der Waals surface area contributed by atoms with Gasteiger partial charge in [-0.25, -0.2) is 4.79 Å². The van der Waals surface area contributed by atoms with Gasteiger partial charge in [0.15, 0.2) is 0 Å². The Morgan fingerprint density at radius 1 is 1.23 bits per heavy atom. The second-order valence-electron chi connectivity index (χ2n) is 3.96. The van der Waals surface area contributed by atoms with Crippen molar-refractivity contribution in [1.29, 1.82) is 0 Å². The predicted molar refractivity (Wildman–Crippen MR) is 46.9 cm³/mol. The number of carbonyl (C=O) groups is 1. The second kappa shape index (κ2) is 3.05. The number of hydrogen-bond acceptors (Lipinski definition) is 3. The van der Waals surface area contributed by atoms with Crippen LogP contribution in [-0.4, -0.2) is 19.2 Å². The number of esters is 1. The molecule has 2 atom stereocenters. The van der Waals surface area contributed by atoms with Crippen molar-refractivity contribution in [3.63, 3.8) is 0 Å². The van der Waals surface area contributed by atoms with Crippen molar-refractivity contribution < 1.29 is 14.3 Å². The first-order valence-electron chi connectivity index (χ1n) is 4.71. The maximum Gasteiger partial charge on any atom is 0.337 e. The Morgan fingerprint density at radius 2 is 2.00 bits per heavy atom. The average Bonchev–Trinajstić information content (AvgIpc) is 2.60. The van der Waals surface area contributed by atoms with Crippen LogP contribution in [0.25, 0.3) is 0 Å². The third-order valence-corrected chi connectivity index (χ3v) is 2.55. The Labute approximate surface area is 77.7 Å². The summed E-state index contributed by atoms with van der Waals surface area (Å²) < 4.78 is 10.4. The molecule has 0 aliphatic carbocycles. The zero-order valence-corrected chi connectivity index (χ0v) is 8.00. The molecule has 2 saturated heterocycles. The first-order valence-corrected chi connectivity index (χ1v) is 4.71. The van der Waals surface area contributed by atoms with Crippen LogP contribution in [0.5, 0.6) is 0 Å². The highest BCUT2D eigenvalue weighted by Gasteiger charge is 2.33. The smallest absolute Gasteiger partial charge is 0.337 e. The van der Waals surface area contributed by atoms with Crippen LogP contribution in [-0.2, 0) is 14.3 Å². The van der Waals surface area contributed by atoms with E-state index in [0.29, 0.717) is 12.5 Å². The molecule has 2 heterocycles. The Morgan fingerprint density at radius 3 is 2.46 bits per heavy atom. The number of ether oxygens (including phenoxy) is 2. The van der Waals surface area contributed by atoms with E-state index < -0.39 is 0 Å². The molecule has 0 spiro atoms. The normalized spacial score (nSPS) is 39.1. The molecule has 0 aromatic heterocycles. The van der Waals surface area contributed by atoms with Crippen molar-refractivity contribution in [1.82, 2.24) is 0 Å².